The van der Waals surface area contributed by atoms with Gasteiger partial charge in [-0.05, 0) is 20.0 Å². The van der Waals surface area contributed by atoms with Gasteiger partial charge >= 0.3 is 0 Å². The first-order valence-corrected chi connectivity index (χ1v) is 7.25. The van der Waals surface area contributed by atoms with Gasteiger partial charge in [0, 0.05) is 50.2 Å². The molecular weight excluding hydrogens is 238 g/mol. The van der Waals surface area contributed by atoms with Crippen molar-refractivity contribution >= 4 is 5.95 Å². The lowest BCUT2D eigenvalue weighted by atomic mass is 10.2. The van der Waals surface area contributed by atoms with Gasteiger partial charge < -0.3 is 10.2 Å². The molecule has 0 spiro atoms. The van der Waals surface area contributed by atoms with E-state index in [4.69, 9.17) is 0 Å². The van der Waals surface area contributed by atoms with Crippen molar-refractivity contribution in [2.24, 2.45) is 0 Å². The molecule has 106 valence electrons. The Morgan fingerprint density at radius 1 is 1.26 bits per heavy atom. The van der Waals surface area contributed by atoms with Crippen LogP contribution in [0.3, 0.4) is 0 Å². The van der Waals surface area contributed by atoms with E-state index in [0.29, 0.717) is 6.04 Å². The second kappa shape index (κ2) is 6.82. The SMILES string of the molecule is CCNCc1cnc(N2CCN(CC)C(C)C2)nc1. The summed E-state index contributed by atoms with van der Waals surface area (Å²) in [5, 5.41) is 3.28. The molecule has 5 nitrogen and oxygen atoms in total. The Hall–Kier alpha value is -1.20. The monoisotopic (exact) mass is 263 g/mol. The van der Waals surface area contributed by atoms with Crippen LogP contribution >= 0.6 is 0 Å². The summed E-state index contributed by atoms with van der Waals surface area (Å²) in [7, 11) is 0. The lowest BCUT2D eigenvalue weighted by Gasteiger charge is -2.39. The van der Waals surface area contributed by atoms with Gasteiger partial charge in [0.2, 0.25) is 5.95 Å². The topological polar surface area (TPSA) is 44.3 Å². The van der Waals surface area contributed by atoms with Crippen LogP contribution in [0, 0.1) is 0 Å². The average Bonchev–Trinajstić information content (AvgIpc) is 2.45. The zero-order chi connectivity index (χ0) is 13.7. The smallest absolute Gasteiger partial charge is 0.225 e. The highest BCUT2D eigenvalue weighted by atomic mass is 15.3. The van der Waals surface area contributed by atoms with Crippen LogP contribution in [0.15, 0.2) is 12.4 Å². The molecule has 1 aliphatic rings. The van der Waals surface area contributed by atoms with Crippen molar-refractivity contribution in [1.82, 2.24) is 20.2 Å². The quantitative estimate of drug-likeness (QED) is 0.862. The predicted molar refractivity (Wildman–Crippen MR) is 78.3 cm³/mol. The second-order valence-corrected chi connectivity index (χ2v) is 5.10. The number of likely N-dealkylation sites (N-methyl/N-ethyl adjacent to an activating group) is 1. The van der Waals surface area contributed by atoms with E-state index in [9.17, 15) is 0 Å². The van der Waals surface area contributed by atoms with Crippen LogP contribution in [0.4, 0.5) is 5.95 Å². The molecule has 1 fully saturated rings. The molecule has 2 rings (SSSR count). The maximum absolute atomic E-state index is 4.50. The third-order valence-corrected chi connectivity index (χ3v) is 3.72. The molecule has 0 bridgehead atoms. The van der Waals surface area contributed by atoms with Gasteiger partial charge in [-0.25, -0.2) is 9.97 Å². The van der Waals surface area contributed by atoms with E-state index in [2.05, 4.69) is 45.9 Å². The number of aromatic nitrogens is 2. The first kappa shape index (κ1) is 14.2. The van der Waals surface area contributed by atoms with Crippen molar-refractivity contribution in [2.75, 3.05) is 37.6 Å². The zero-order valence-corrected chi connectivity index (χ0v) is 12.3. The summed E-state index contributed by atoms with van der Waals surface area (Å²) in [6, 6.07) is 0.573. The van der Waals surface area contributed by atoms with E-state index >= 15 is 0 Å². The van der Waals surface area contributed by atoms with E-state index in [-0.39, 0.29) is 0 Å². The molecule has 0 amide bonds. The minimum absolute atomic E-state index is 0.573. The molecule has 1 aromatic rings. The van der Waals surface area contributed by atoms with E-state index in [1.54, 1.807) is 0 Å². The lowest BCUT2D eigenvalue weighted by Crippen LogP contribution is -2.52. The van der Waals surface area contributed by atoms with Crippen LogP contribution in [0.5, 0.6) is 0 Å². The molecule has 1 unspecified atom stereocenters. The summed E-state index contributed by atoms with van der Waals surface area (Å²) in [5.41, 5.74) is 1.14. The molecule has 0 saturated carbocycles. The molecule has 5 heteroatoms. The van der Waals surface area contributed by atoms with E-state index in [1.807, 2.05) is 12.4 Å². The van der Waals surface area contributed by atoms with Crippen LogP contribution in [-0.4, -0.2) is 53.6 Å². The third-order valence-electron chi connectivity index (χ3n) is 3.72. The van der Waals surface area contributed by atoms with Gasteiger partial charge in [0.05, 0.1) is 0 Å². The fraction of sp³-hybridized carbons (Fsp3) is 0.714. The molecule has 0 radical (unpaired) electrons. The minimum Gasteiger partial charge on any atom is -0.338 e. The van der Waals surface area contributed by atoms with E-state index in [1.165, 1.54) is 0 Å². The number of nitrogens with one attached hydrogen (secondary N) is 1. The standard InChI is InChI=1S/C14H25N5/c1-4-15-8-13-9-16-14(17-10-13)19-7-6-18(5-2)12(3)11-19/h9-10,12,15H,4-8,11H2,1-3H3. The van der Waals surface area contributed by atoms with Gasteiger partial charge in [-0.15, -0.1) is 0 Å². The highest BCUT2D eigenvalue weighted by Crippen LogP contribution is 2.14. The third kappa shape index (κ3) is 3.64. The van der Waals surface area contributed by atoms with Crippen molar-refractivity contribution in [2.45, 2.75) is 33.4 Å². The zero-order valence-electron chi connectivity index (χ0n) is 12.3. The van der Waals surface area contributed by atoms with Gasteiger partial charge in [-0.2, -0.15) is 0 Å². The highest BCUT2D eigenvalue weighted by Gasteiger charge is 2.23. The first-order valence-electron chi connectivity index (χ1n) is 7.25. The molecule has 0 aliphatic carbocycles. The molecular formula is C14H25N5. The maximum atomic E-state index is 4.50. The van der Waals surface area contributed by atoms with Crippen LogP contribution in [0.25, 0.3) is 0 Å². The summed E-state index contributed by atoms with van der Waals surface area (Å²) in [6.07, 6.45) is 3.86. The molecule has 2 heterocycles. The fourth-order valence-electron chi connectivity index (χ4n) is 2.52. The van der Waals surface area contributed by atoms with Crippen molar-refractivity contribution < 1.29 is 0 Å². The Kier molecular flexibility index (Phi) is 5.10. The Morgan fingerprint density at radius 3 is 2.58 bits per heavy atom. The second-order valence-electron chi connectivity index (χ2n) is 5.10. The average molecular weight is 263 g/mol. The highest BCUT2D eigenvalue weighted by molar-refractivity contribution is 5.31. The molecule has 1 N–H and O–H groups in total. The fourth-order valence-corrected chi connectivity index (χ4v) is 2.52. The van der Waals surface area contributed by atoms with Gasteiger partial charge in [-0.1, -0.05) is 13.8 Å². The minimum atomic E-state index is 0.573. The summed E-state index contributed by atoms with van der Waals surface area (Å²) in [4.78, 5) is 13.8. The number of rotatable bonds is 5. The number of nitrogens with zero attached hydrogens (tertiary/aromatic N) is 4. The predicted octanol–water partition coefficient (Wildman–Crippen LogP) is 1.12. The summed E-state index contributed by atoms with van der Waals surface area (Å²) in [5.74, 6) is 0.864. The number of hydrogen-bond donors (Lipinski definition) is 1. The van der Waals surface area contributed by atoms with E-state index in [0.717, 1.165) is 50.8 Å². The van der Waals surface area contributed by atoms with Crippen LogP contribution in [0.2, 0.25) is 0 Å². The Balaban J connectivity index is 1.95. The van der Waals surface area contributed by atoms with Crippen LogP contribution in [-0.2, 0) is 6.54 Å². The summed E-state index contributed by atoms with van der Waals surface area (Å²) < 4.78 is 0. The van der Waals surface area contributed by atoms with Gasteiger partial charge in [0.25, 0.3) is 0 Å². The molecule has 1 aliphatic heterocycles. The van der Waals surface area contributed by atoms with Crippen molar-refractivity contribution in [3.05, 3.63) is 18.0 Å². The van der Waals surface area contributed by atoms with Crippen LogP contribution < -0.4 is 10.2 Å². The van der Waals surface area contributed by atoms with Gasteiger partial charge in [0.1, 0.15) is 0 Å². The lowest BCUT2D eigenvalue weighted by molar-refractivity contribution is 0.198. The van der Waals surface area contributed by atoms with Gasteiger partial charge in [0.15, 0.2) is 0 Å². The van der Waals surface area contributed by atoms with Crippen molar-refractivity contribution in [3.63, 3.8) is 0 Å². The van der Waals surface area contributed by atoms with Gasteiger partial charge in [-0.3, -0.25) is 4.90 Å². The number of anilines is 1. The molecule has 19 heavy (non-hydrogen) atoms. The van der Waals surface area contributed by atoms with Crippen LogP contribution in [0.1, 0.15) is 26.3 Å². The molecule has 1 saturated heterocycles. The van der Waals surface area contributed by atoms with Crippen molar-refractivity contribution in [1.29, 1.82) is 0 Å². The van der Waals surface area contributed by atoms with Crippen molar-refractivity contribution in [3.8, 4) is 0 Å². The summed E-state index contributed by atoms with van der Waals surface area (Å²) >= 11 is 0. The molecule has 1 atom stereocenters. The maximum Gasteiger partial charge on any atom is 0.225 e. The summed E-state index contributed by atoms with van der Waals surface area (Å²) in [6.45, 7) is 12.7. The Labute approximate surface area is 116 Å². The first-order chi connectivity index (χ1) is 9.24. The number of hydrogen-bond acceptors (Lipinski definition) is 5. The molecule has 0 aromatic carbocycles. The normalized spacial score (nSPS) is 20.8. The van der Waals surface area contributed by atoms with E-state index < -0.39 is 0 Å². The Bertz CT molecular complexity index is 378. The number of piperazine rings is 1. The molecule has 1 aromatic heterocycles. The largest absolute Gasteiger partial charge is 0.338 e. The Morgan fingerprint density at radius 2 is 2.00 bits per heavy atom.